The van der Waals surface area contributed by atoms with E-state index in [2.05, 4.69) is 15.6 Å². The summed E-state index contributed by atoms with van der Waals surface area (Å²) < 4.78 is 1.70. The number of rotatable bonds is 5. The van der Waals surface area contributed by atoms with Crippen molar-refractivity contribution < 1.29 is 4.79 Å². The Morgan fingerprint density at radius 1 is 1.08 bits per heavy atom. The standard InChI is InChI=1S/C18H13Cl3N4O/c19-14-8-16(21)17(9-15(14)20)22-18(26)7-6-13-11-25(24-23-13)10-12-4-2-1-3-5-12/h1-9,11H,10H2,(H,22,26)/b7-6+. The van der Waals surface area contributed by atoms with Crippen LogP contribution in [-0.2, 0) is 11.3 Å². The molecule has 0 spiro atoms. The molecule has 1 amide bonds. The van der Waals surface area contributed by atoms with Crippen LogP contribution in [0.3, 0.4) is 0 Å². The van der Waals surface area contributed by atoms with Gasteiger partial charge in [-0.15, -0.1) is 5.10 Å². The van der Waals surface area contributed by atoms with E-state index in [-0.39, 0.29) is 5.91 Å². The molecule has 1 N–H and O–H groups in total. The Bertz CT molecular complexity index is 954. The van der Waals surface area contributed by atoms with Gasteiger partial charge in [0.1, 0.15) is 5.69 Å². The van der Waals surface area contributed by atoms with Crippen LogP contribution in [-0.4, -0.2) is 20.9 Å². The summed E-state index contributed by atoms with van der Waals surface area (Å²) in [7, 11) is 0. The molecule has 2 aromatic carbocycles. The van der Waals surface area contributed by atoms with Gasteiger partial charge in [-0.05, 0) is 23.8 Å². The maximum atomic E-state index is 12.0. The van der Waals surface area contributed by atoms with Gasteiger partial charge in [0.25, 0.3) is 0 Å². The number of anilines is 1. The Morgan fingerprint density at radius 3 is 2.58 bits per heavy atom. The lowest BCUT2D eigenvalue weighted by Gasteiger charge is -2.06. The van der Waals surface area contributed by atoms with Gasteiger partial charge in [0.2, 0.25) is 5.91 Å². The molecule has 26 heavy (non-hydrogen) atoms. The third-order valence-corrected chi connectivity index (χ3v) is 4.45. The fourth-order valence-electron chi connectivity index (χ4n) is 2.19. The fourth-order valence-corrected chi connectivity index (χ4v) is 2.79. The molecule has 0 fully saturated rings. The Labute approximate surface area is 165 Å². The monoisotopic (exact) mass is 406 g/mol. The van der Waals surface area contributed by atoms with Gasteiger partial charge in [-0.2, -0.15) is 0 Å². The van der Waals surface area contributed by atoms with Crippen LogP contribution >= 0.6 is 34.8 Å². The van der Waals surface area contributed by atoms with E-state index in [4.69, 9.17) is 34.8 Å². The predicted molar refractivity (Wildman–Crippen MR) is 105 cm³/mol. The lowest BCUT2D eigenvalue weighted by molar-refractivity contribution is -0.111. The van der Waals surface area contributed by atoms with Crippen molar-refractivity contribution in [3.05, 3.63) is 81.1 Å². The molecule has 0 bridgehead atoms. The lowest BCUT2D eigenvalue weighted by atomic mass is 10.2. The van der Waals surface area contributed by atoms with Crippen LogP contribution in [0, 0.1) is 0 Å². The number of nitrogens with one attached hydrogen (secondary N) is 1. The fraction of sp³-hybridized carbons (Fsp3) is 0.0556. The highest BCUT2D eigenvalue weighted by Crippen LogP contribution is 2.32. The first kappa shape index (κ1) is 18.5. The largest absolute Gasteiger partial charge is 0.321 e. The number of hydrogen-bond donors (Lipinski definition) is 1. The molecule has 8 heteroatoms. The molecule has 0 saturated heterocycles. The number of benzene rings is 2. The Hall–Kier alpha value is -2.34. The van der Waals surface area contributed by atoms with Crippen LogP contribution in [0.1, 0.15) is 11.3 Å². The van der Waals surface area contributed by atoms with E-state index in [1.807, 2.05) is 30.3 Å². The van der Waals surface area contributed by atoms with Crippen LogP contribution in [0.5, 0.6) is 0 Å². The Kier molecular flexibility index (Phi) is 5.93. The van der Waals surface area contributed by atoms with E-state index in [1.54, 1.807) is 17.0 Å². The summed E-state index contributed by atoms with van der Waals surface area (Å²) in [5.41, 5.74) is 2.06. The molecule has 5 nitrogen and oxygen atoms in total. The smallest absolute Gasteiger partial charge is 0.248 e. The van der Waals surface area contributed by atoms with Gasteiger partial charge in [0, 0.05) is 6.08 Å². The van der Waals surface area contributed by atoms with E-state index >= 15 is 0 Å². The molecule has 0 aliphatic heterocycles. The number of aromatic nitrogens is 3. The molecule has 132 valence electrons. The Morgan fingerprint density at radius 2 is 1.81 bits per heavy atom. The molecule has 3 aromatic rings. The van der Waals surface area contributed by atoms with Gasteiger partial charge in [-0.25, -0.2) is 4.68 Å². The van der Waals surface area contributed by atoms with Crippen molar-refractivity contribution in [3.63, 3.8) is 0 Å². The average Bonchev–Trinajstić information content (AvgIpc) is 3.06. The molecule has 0 unspecified atom stereocenters. The second-order valence-electron chi connectivity index (χ2n) is 5.40. The summed E-state index contributed by atoms with van der Waals surface area (Å²) in [6, 6.07) is 12.9. The van der Waals surface area contributed by atoms with Crippen molar-refractivity contribution in [1.29, 1.82) is 0 Å². The predicted octanol–water partition coefficient (Wildman–Crippen LogP) is 4.94. The molecule has 0 aliphatic rings. The second-order valence-corrected chi connectivity index (χ2v) is 6.62. The minimum atomic E-state index is -0.372. The van der Waals surface area contributed by atoms with Crippen LogP contribution in [0.15, 0.2) is 54.7 Å². The van der Waals surface area contributed by atoms with E-state index in [9.17, 15) is 4.79 Å². The van der Waals surface area contributed by atoms with Crippen molar-refractivity contribution in [2.24, 2.45) is 0 Å². The highest BCUT2D eigenvalue weighted by Gasteiger charge is 2.08. The SMILES string of the molecule is O=C(/C=C/c1cn(Cc2ccccc2)nn1)Nc1cc(Cl)c(Cl)cc1Cl. The van der Waals surface area contributed by atoms with Gasteiger partial charge in [0.15, 0.2) is 0 Å². The third kappa shape index (κ3) is 4.85. The highest BCUT2D eigenvalue weighted by molar-refractivity contribution is 6.44. The molecular weight excluding hydrogens is 395 g/mol. The van der Waals surface area contributed by atoms with E-state index < -0.39 is 0 Å². The normalized spacial score (nSPS) is 11.0. The lowest BCUT2D eigenvalue weighted by Crippen LogP contribution is -2.08. The summed E-state index contributed by atoms with van der Waals surface area (Å²) in [5, 5.41) is 11.6. The zero-order valence-corrected chi connectivity index (χ0v) is 15.6. The van der Waals surface area contributed by atoms with Gasteiger partial charge < -0.3 is 5.32 Å². The maximum Gasteiger partial charge on any atom is 0.248 e. The number of hydrogen-bond acceptors (Lipinski definition) is 3. The molecular formula is C18H13Cl3N4O. The van der Waals surface area contributed by atoms with Crippen molar-refractivity contribution in [2.75, 3.05) is 5.32 Å². The Balaban J connectivity index is 1.63. The molecule has 3 rings (SSSR count). The molecule has 0 atom stereocenters. The number of amides is 1. The first-order chi connectivity index (χ1) is 12.5. The van der Waals surface area contributed by atoms with Gasteiger partial charge in [-0.1, -0.05) is 70.3 Å². The molecule has 1 aromatic heterocycles. The van der Waals surface area contributed by atoms with Crippen molar-refractivity contribution in [1.82, 2.24) is 15.0 Å². The quantitative estimate of drug-likeness (QED) is 0.481. The van der Waals surface area contributed by atoms with E-state index in [1.165, 1.54) is 18.2 Å². The summed E-state index contributed by atoms with van der Waals surface area (Å²) in [5.74, 6) is -0.372. The zero-order valence-electron chi connectivity index (χ0n) is 13.4. The number of halogens is 3. The maximum absolute atomic E-state index is 12.0. The summed E-state index contributed by atoms with van der Waals surface area (Å²) in [4.78, 5) is 12.0. The minimum Gasteiger partial charge on any atom is -0.321 e. The zero-order chi connectivity index (χ0) is 18.5. The van der Waals surface area contributed by atoms with Crippen LogP contribution < -0.4 is 5.32 Å². The van der Waals surface area contributed by atoms with Gasteiger partial charge in [-0.3, -0.25) is 4.79 Å². The van der Waals surface area contributed by atoms with Gasteiger partial charge >= 0.3 is 0 Å². The number of carbonyl (C=O) groups is 1. The highest BCUT2D eigenvalue weighted by atomic mass is 35.5. The van der Waals surface area contributed by atoms with Crippen molar-refractivity contribution >= 4 is 52.5 Å². The minimum absolute atomic E-state index is 0.301. The third-order valence-electron chi connectivity index (χ3n) is 3.42. The first-order valence-corrected chi connectivity index (χ1v) is 8.72. The van der Waals surface area contributed by atoms with E-state index in [0.29, 0.717) is 33.0 Å². The molecule has 0 radical (unpaired) electrons. The number of nitrogens with zero attached hydrogens (tertiary/aromatic N) is 3. The summed E-state index contributed by atoms with van der Waals surface area (Å²) in [6.45, 7) is 0.604. The topological polar surface area (TPSA) is 59.8 Å². The van der Waals surface area contributed by atoms with E-state index in [0.717, 1.165) is 5.56 Å². The molecule has 0 saturated carbocycles. The van der Waals surface area contributed by atoms with Crippen molar-refractivity contribution in [2.45, 2.75) is 6.54 Å². The van der Waals surface area contributed by atoms with Crippen LogP contribution in [0.25, 0.3) is 6.08 Å². The van der Waals surface area contributed by atoms with Crippen LogP contribution in [0.4, 0.5) is 5.69 Å². The molecule has 0 aliphatic carbocycles. The second kappa shape index (κ2) is 8.36. The average molecular weight is 408 g/mol. The summed E-state index contributed by atoms with van der Waals surface area (Å²) in [6.07, 6.45) is 4.66. The molecule has 1 heterocycles. The first-order valence-electron chi connectivity index (χ1n) is 7.59. The van der Waals surface area contributed by atoms with Gasteiger partial charge in [0.05, 0.1) is 33.5 Å². The number of carbonyl (C=O) groups excluding carboxylic acids is 1. The summed E-state index contributed by atoms with van der Waals surface area (Å²) >= 11 is 17.8. The van der Waals surface area contributed by atoms with Crippen LogP contribution in [0.2, 0.25) is 15.1 Å². The van der Waals surface area contributed by atoms with Crippen molar-refractivity contribution in [3.8, 4) is 0 Å².